The largest absolute Gasteiger partial charge is 0.402 e. The second-order valence-electron chi connectivity index (χ2n) is 4.50. The molecule has 0 aliphatic rings. The fraction of sp³-hybridized carbons (Fsp3) is 0.333. The van der Waals surface area contributed by atoms with Crippen LogP contribution in [0.5, 0.6) is 0 Å². The van der Waals surface area contributed by atoms with Gasteiger partial charge in [0.05, 0.1) is 0 Å². The number of nitrogens with one attached hydrogen (secondary N) is 1. The molecule has 0 fully saturated rings. The third kappa shape index (κ3) is 3.13. The standard InChI is InChI=1S/C12H14F3N3O2S/c1-2-18(7-12(13,14)15)21(19,20)11-6-17-10-5-8(16)3-4-9(10)11/h3-6,17H,2,7,16H2,1H3. The van der Waals surface area contributed by atoms with Gasteiger partial charge in [-0.15, -0.1) is 0 Å². The van der Waals surface area contributed by atoms with Crippen LogP contribution < -0.4 is 5.73 Å². The minimum absolute atomic E-state index is 0.191. The van der Waals surface area contributed by atoms with E-state index in [1.165, 1.54) is 31.3 Å². The second-order valence-corrected chi connectivity index (χ2v) is 6.41. The lowest BCUT2D eigenvalue weighted by molar-refractivity contribution is -0.135. The number of nitrogen functional groups attached to an aromatic ring is 1. The molecule has 5 nitrogen and oxygen atoms in total. The molecule has 0 amide bonds. The van der Waals surface area contributed by atoms with Crippen LogP contribution in [-0.4, -0.2) is 37.0 Å². The van der Waals surface area contributed by atoms with E-state index in [9.17, 15) is 21.6 Å². The Kier molecular flexibility index (Phi) is 3.89. The summed E-state index contributed by atoms with van der Waals surface area (Å²) in [6, 6.07) is 4.49. The maximum atomic E-state index is 12.5. The normalized spacial score (nSPS) is 13.2. The molecule has 0 spiro atoms. The molecule has 21 heavy (non-hydrogen) atoms. The van der Waals surface area contributed by atoms with E-state index in [1.807, 2.05) is 0 Å². The molecule has 2 aromatic rings. The smallest absolute Gasteiger partial charge is 0.399 e. The van der Waals surface area contributed by atoms with E-state index in [-0.39, 0.29) is 11.4 Å². The molecular formula is C12H14F3N3O2S. The van der Waals surface area contributed by atoms with Gasteiger partial charge in [0.15, 0.2) is 0 Å². The van der Waals surface area contributed by atoms with Crippen molar-refractivity contribution < 1.29 is 21.6 Å². The molecule has 1 heterocycles. The minimum Gasteiger partial charge on any atom is -0.399 e. The van der Waals surface area contributed by atoms with E-state index in [2.05, 4.69) is 4.98 Å². The first-order valence-corrected chi connectivity index (χ1v) is 7.52. The van der Waals surface area contributed by atoms with E-state index in [0.717, 1.165) is 0 Å². The van der Waals surface area contributed by atoms with Gasteiger partial charge in [0, 0.05) is 29.3 Å². The summed E-state index contributed by atoms with van der Waals surface area (Å²) in [5.41, 5.74) is 6.46. The Morgan fingerprint density at radius 3 is 2.57 bits per heavy atom. The Morgan fingerprint density at radius 2 is 2.00 bits per heavy atom. The first kappa shape index (κ1) is 15.6. The Balaban J connectivity index is 2.50. The summed E-state index contributed by atoms with van der Waals surface area (Å²) in [5, 5.41) is 0.310. The van der Waals surface area contributed by atoms with Crippen LogP contribution in [0.2, 0.25) is 0 Å². The average molecular weight is 321 g/mol. The molecule has 0 bridgehead atoms. The van der Waals surface area contributed by atoms with Gasteiger partial charge < -0.3 is 10.7 Å². The van der Waals surface area contributed by atoms with Crippen LogP contribution in [-0.2, 0) is 10.0 Å². The zero-order valence-electron chi connectivity index (χ0n) is 11.1. The molecule has 116 valence electrons. The van der Waals surface area contributed by atoms with E-state index in [4.69, 9.17) is 5.73 Å². The number of sulfonamides is 1. The van der Waals surface area contributed by atoms with E-state index >= 15 is 0 Å². The van der Waals surface area contributed by atoms with Gasteiger partial charge in [-0.3, -0.25) is 0 Å². The Bertz CT molecular complexity index is 753. The van der Waals surface area contributed by atoms with Crippen LogP contribution >= 0.6 is 0 Å². The summed E-state index contributed by atoms with van der Waals surface area (Å²) in [7, 11) is -4.24. The number of aromatic nitrogens is 1. The van der Waals surface area contributed by atoms with Crippen molar-refractivity contribution in [1.82, 2.24) is 9.29 Å². The van der Waals surface area contributed by atoms with E-state index < -0.39 is 22.7 Å². The molecule has 0 aliphatic heterocycles. The number of hydrogen-bond donors (Lipinski definition) is 2. The highest BCUT2D eigenvalue weighted by Crippen LogP contribution is 2.28. The maximum absolute atomic E-state index is 12.5. The monoisotopic (exact) mass is 321 g/mol. The third-order valence-electron chi connectivity index (χ3n) is 2.99. The molecule has 9 heteroatoms. The van der Waals surface area contributed by atoms with Crippen molar-refractivity contribution in [3.63, 3.8) is 0 Å². The molecular weight excluding hydrogens is 307 g/mol. The predicted octanol–water partition coefficient (Wildman–Crippen LogP) is 2.32. The summed E-state index contributed by atoms with van der Waals surface area (Å²) in [4.78, 5) is 2.52. The van der Waals surface area contributed by atoms with Crippen molar-refractivity contribution in [2.45, 2.75) is 18.0 Å². The van der Waals surface area contributed by atoms with Crippen molar-refractivity contribution in [2.24, 2.45) is 0 Å². The molecule has 0 saturated heterocycles. The highest BCUT2D eigenvalue weighted by molar-refractivity contribution is 7.89. The van der Waals surface area contributed by atoms with Gasteiger partial charge in [-0.1, -0.05) is 6.92 Å². The number of nitrogens with two attached hydrogens (primary N) is 1. The van der Waals surface area contributed by atoms with Crippen LogP contribution in [0.15, 0.2) is 29.3 Å². The van der Waals surface area contributed by atoms with E-state index in [1.54, 1.807) is 0 Å². The van der Waals surface area contributed by atoms with Gasteiger partial charge >= 0.3 is 6.18 Å². The molecule has 0 unspecified atom stereocenters. The number of halogens is 3. The average Bonchev–Trinajstić information content (AvgIpc) is 2.78. The lowest BCUT2D eigenvalue weighted by Gasteiger charge is -2.21. The van der Waals surface area contributed by atoms with Crippen LogP contribution in [0.25, 0.3) is 10.9 Å². The quantitative estimate of drug-likeness (QED) is 0.848. The topological polar surface area (TPSA) is 79.2 Å². The van der Waals surface area contributed by atoms with Crippen molar-refractivity contribution >= 4 is 26.6 Å². The van der Waals surface area contributed by atoms with E-state index in [0.29, 0.717) is 20.9 Å². The van der Waals surface area contributed by atoms with Crippen LogP contribution in [0.3, 0.4) is 0 Å². The number of anilines is 1. The number of hydrogen-bond acceptors (Lipinski definition) is 3. The number of H-pyrrole nitrogens is 1. The summed E-state index contributed by atoms with van der Waals surface area (Å²) < 4.78 is 62.6. The van der Waals surface area contributed by atoms with Crippen LogP contribution in [0.4, 0.5) is 18.9 Å². The van der Waals surface area contributed by atoms with Gasteiger partial charge in [0.25, 0.3) is 0 Å². The van der Waals surface area contributed by atoms with Gasteiger partial charge in [0.1, 0.15) is 11.4 Å². The Morgan fingerprint density at radius 1 is 1.33 bits per heavy atom. The lowest BCUT2D eigenvalue weighted by atomic mass is 10.2. The van der Waals surface area contributed by atoms with Gasteiger partial charge in [0.2, 0.25) is 10.0 Å². The highest BCUT2D eigenvalue weighted by atomic mass is 32.2. The van der Waals surface area contributed by atoms with Crippen LogP contribution in [0.1, 0.15) is 6.92 Å². The number of benzene rings is 1. The van der Waals surface area contributed by atoms with Crippen LogP contribution in [0, 0.1) is 0 Å². The lowest BCUT2D eigenvalue weighted by Crippen LogP contribution is -2.38. The highest BCUT2D eigenvalue weighted by Gasteiger charge is 2.37. The fourth-order valence-corrected chi connectivity index (χ4v) is 3.63. The zero-order chi connectivity index (χ0) is 15.8. The molecule has 0 atom stereocenters. The summed E-state index contributed by atoms with van der Waals surface area (Å²) in [6.45, 7) is -0.437. The molecule has 1 aromatic carbocycles. The number of aromatic amines is 1. The predicted molar refractivity (Wildman–Crippen MR) is 73.2 cm³/mol. The summed E-state index contributed by atoms with van der Waals surface area (Å²) >= 11 is 0. The number of fused-ring (bicyclic) bond motifs is 1. The van der Waals surface area contributed by atoms with Crippen molar-refractivity contribution in [2.75, 3.05) is 18.8 Å². The minimum atomic E-state index is -4.60. The molecule has 1 aromatic heterocycles. The zero-order valence-corrected chi connectivity index (χ0v) is 11.9. The van der Waals surface area contributed by atoms with Crippen molar-refractivity contribution in [3.8, 4) is 0 Å². The first-order chi connectivity index (χ1) is 9.65. The summed E-state index contributed by atoms with van der Waals surface area (Å²) in [5.74, 6) is 0. The fourth-order valence-electron chi connectivity index (χ4n) is 2.04. The van der Waals surface area contributed by atoms with Gasteiger partial charge in [-0.25, -0.2) is 8.42 Å². The SMILES string of the molecule is CCN(CC(F)(F)F)S(=O)(=O)c1c[nH]c2cc(N)ccc12. The van der Waals surface area contributed by atoms with Gasteiger partial charge in [-0.05, 0) is 18.2 Å². The molecule has 0 saturated carbocycles. The molecule has 0 radical (unpaired) electrons. The second kappa shape index (κ2) is 5.23. The molecule has 2 rings (SSSR count). The molecule has 3 N–H and O–H groups in total. The van der Waals surface area contributed by atoms with Crippen molar-refractivity contribution in [3.05, 3.63) is 24.4 Å². The molecule has 0 aliphatic carbocycles. The summed E-state index contributed by atoms with van der Waals surface area (Å²) in [6.07, 6.45) is -3.42. The number of rotatable bonds is 4. The third-order valence-corrected chi connectivity index (χ3v) is 4.95. The van der Waals surface area contributed by atoms with Crippen molar-refractivity contribution in [1.29, 1.82) is 0 Å². The first-order valence-electron chi connectivity index (χ1n) is 6.08. The van der Waals surface area contributed by atoms with Gasteiger partial charge in [-0.2, -0.15) is 17.5 Å². The maximum Gasteiger partial charge on any atom is 0.402 e. The number of alkyl halides is 3. The Hall–Kier alpha value is -1.74. The number of nitrogens with zero attached hydrogens (tertiary/aromatic N) is 1. The Labute approximate surface area is 119 Å².